The number of ether oxygens (including phenoxy) is 3. The highest BCUT2D eigenvalue weighted by Crippen LogP contribution is 2.30. The average molecular weight is 392 g/mol. The van der Waals surface area contributed by atoms with Crippen LogP contribution in [0.1, 0.15) is 10.4 Å². The minimum Gasteiger partial charge on any atom is -0.493 e. The Morgan fingerprint density at radius 1 is 0.897 bits per heavy atom. The van der Waals surface area contributed by atoms with E-state index in [9.17, 15) is 9.59 Å². The van der Waals surface area contributed by atoms with Crippen molar-refractivity contribution in [1.29, 1.82) is 0 Å². The summed E-state index contributed by atoms with van der Waals surface area (Å²) in [6.45, 7) is -0.317. The van der Waals surface area contributed by atoms with E-state index >= 15 is 0 Å². The third kappa shape index (κ3) is 5.26. The Bertz CT molecular complexity index is 988. The molecule has 0 bridgehead atoms. The van der Waals surface area contributed by atoms with Gasteiger partial charge in [-0.3, -0.25) is 9.59 Å². The van der Waals surface area contributed by atoms with E-state index in [1.165, 1.54) is 13.2 Å². The summed E-state index contributed by atoms with van der Waals surface area (Å²) in [6, 6.07) is 21.0. The first-order valence-corrected chi connectivity index (χ1v) is 8.79. The molecule has 0 unspecified atom stereocenters. The molecule has 7 nitrogen and oxygen atoms in total. The zero-order valence-corrected chi connectivity index (χ0v) is 15.8. The molecule has 0 fully saturated rings. The summed E-state index contributed by atoms with van der Waals surface area (Å²) >= 11 is 0. The van der Waals surface area contributed by atoms with Gasteiger partial charge in [0.2, 0.25) is 0 Å². The van der Waals surface area contributed by atoms with Gasteiger partial charge in [-0.2, -0.15) is 0 Å². The lowest BCUT2D eigenvalue weighted by atomic mass is 10.2. The molecule has 0 aliphatic rings. The van der Waals surface area contributed by atoms with Crippen LogP contribution in [0, 0.1) is 0 Å². The maximum Gasteiger partial charge on any atom is 0.262 e. The van der Waals surface area contributed by atoms with Gasteiger partial charge in [0.1, 0.15) is 11.5 Å². The van der Waals surface area contributed by atoms with Gasteiger partial charge in [0.05, 0.1) is 12.7 Å². The van der Waals surface area contributed by atoms with Crippen molar-refractivity contribution in [3.05, 3.63) is 78.4 Å². The van der Waals surface area contributed by atoms with Crippen molar-refractivity contribution in [2.75, 3.05) is 19.0 Å². The highest BCUT2D eigenvalue weighted by molar-refractivity contribution is 5.97. The Morgan fingerprint density at radius 3 is 2.24 bits per heavy atom. The van der Waals surface area contributed by atoms with Gasteiger partial charge in [-0.15, -0.1) is 0 Å². The number of primary amides is 1. The van der Waals surface area contributed by atoms with Crippen LogP contribution in [0.2, 0.25) is 0 Å². The Balaban J connectivity index is 1.60. The van der Waals surface area contributed by atoms with Crippen LogP contribution in [0.3, 0.4) is 0 Å². The number of anilines is 1. The SMILES string of the molecule is COc1cccc(C(N)=O)c1OCC(=O)Nc1ccc(Oc2ccccc2)cc1. The predicted octanol–water partition coefficient (Wildman–Crippen LogP) is 3.60. The van der Waals surface area contributed by atoms with E-state index in [2.05, 4.69) is 5.32 Å². The molecule has 0 aromatic heterocycles. The quantitative estimate of drug-likeness (QED) is 0.610. The number of nitrogens with two attached hydrogens (primary N) is 1. The van der Waals surface area contributed by atoms with Crippen LogP contribution in [-0.4, -0.2) is 25.5 Å². The van der Waals surface area contributed by atoms with E-state index in [0.29, 0.717) is 17.2 Å². The van der Waals surface area contributed by atoms with Gasteiger partial charge in [-0.05, 0) is 48.5 Å². The molecule has 0 aliphatic carbocycles. The van der Waals surface area contributed by atoms with Crippen molar-refractivity contribution in [2.24, 2.45) is 5.73 Å². The smallest absolute Gasteiger partial charge is 0.262 e. The first-order chi connectivity index (χ1) is 14.1. The average Bonchev–Trinajstić information content (AvgIpc) is 2.74. The van der Waals surface area contributed by atoms with Gasteiger partial charge in [0.25, 0.3) is 11.8 Å². The molecular formula is C22H20N2O5. The lowest BCUT2D eigenvalue weighted by Gasteiger charge is -2.13. The van der Waals surface area contributed by atoms with Crippen molar-refractivity contribution < 1.29 is 23.8 Å². The normalized spacial score (nSPS) is 10.1. The van der Waals surface area contributed by atoms with Crippen molar-refractivity contribution in [1.82, 2.24) is 0 Å². The molecule has 2 amide bonds. The molecule has 0 saturated heterocycles. The summed E-state index contributed by atoms with van der Waals surface area (Å²) in [6.07, 6.45) is 0. The van der Waals surface area contributed by atoms with E-state index in [1.807, 2.05) is 30.3 Å². The van der Waals surface area contributed by atoms with E-state index in [4.69, 9.17) is 19.9 Å². The molecule has 3 N–H and O–H groups in total. The fourth-order valence-electron chi connectivity index (χ4n) is 2.59. The fraction of sp³-hybridized carbons (Fsp3) is 0.0909. The van der Waals surface area contributed by atoms with Crippen molar-refractivity contribution >= 4 is 17.5 Å². The molecule has 7 heteroatoms. The van der Waals surface area contributed by atoms with Crippen molar-refractivity contribution in [3.63, 3.8) is 0 Å². The zero-order chi connectivity index (χ0) is 20.6. The number of benzene rings is 3. The number of carbonyl (C=O) groups is 2. The van der Waals surface area contributed by atoms with Gasteiger partial charge in [-0.25, -0.2) is 0 Å². The van der Waals surface area contributed by atoms with E-state index in [-0.39, 0.29) is 17.9 Å². The van der Waals surface area contributed by atoms with Crippen LogP contribution in [0.5, 0.6) is 23.0 Å². The Morgan fingerprint density at radius 2 is 1.59 bits per heavy atom. The molecule has 0 atom stereocenters. The summed E-state index contributed by atoms with van der Waals surface area (Å²) in [5, 5.41) is 2.71. The summed E-state index contributed by atoms with van der Waals surface area (Å²) in [7, 11) is 1.44. The largest absolute Gasteiger partial charge is 0.493 e. The number of rotatable bonds is 8. The number of methoxy groups -OCH3 is 1. The molecule has 0 radical (unpaired) electrons. The summed E-state index contributed by atoms with van der Waals surface area (Å²) in [4.78, 5) is 23.8. The Labute approximate surface area is 168 Å². The number of hydrogen-bond acceptors (Lipinski definition) is 5. The van der Waals surface area contributed by atoms with E-state index < -0.39 is 11.8 Å². The maximum atomic E-state index is 12.2. The second kappa shape index (κ2) is 9.27. The first-order valence-electron chi connectivity index (χ1n) is 8.79. The van der Waals surface area contributed by atoms with Gasteiger partial charge >= 0.3 is 0 Å². The summed E-state index contributed by atoms with van der Waals surface area (Å²) in [5.41, 5.74) is 6.07. The van der Waals surface area contributed by atoms with Crippen molar-refractivity contribution in [2.45, 2.75) is 0 Å². The second-order valence-corrected chi connectivity index (χ2v) is 5.98. The van der Waals surface area contributed by atoms with Crippen LogP contribution in [0.15, 0.2) is 72.8 Å². The highest BCUT2D eigenvalue weighted by Gasteiger charge is 2.16. The maximum absolute atomic E-state index is 12.2. The van der Waals surface area contributed by atoms with Gasteiger partial charge in [-0.1, -0.05) is 24.3 Å². The lowest BCUT2D eigenvalue weighted by molar-refractivity contribution is -0.118. The fourth-order valence-corrected chi connectivity index (χ4v) is 2.59. The Kier molecular flexibility index (Phi) is 6.32. The van der Waals surface area contributed by atoms with E-state index in [0.717, 1.165) is 5.75 Å². The molecule has 3 rings (SSSR count). The van der Waals surface area contributed by atoms with Gasteiger partial charge < -0.3 is 25.3 Å². The van der Waals surface area contributed by atoms with E-state index in [1.54, 1.807) is 36.4 Å². The van der Waals surface area contributed by atoms with Crippen LogP contribution < -0.4 is 25.3 Å². The number of amides is 2. The Hall–Kier alpha value is -4.00. The highest BCUT2D eigenvalue weighted by atomic mass is 16.5. The van der Waals surface area contributed by atoms with Crippen LogP contribution in [0.25, 0.3) is 0 Å². The number of carbonyl (C=O) groups excluding carboxylic acids is 2. The van der Waals surface area contributed by atoms with Crippen LogP contribution in [-0.2, 0) is 4.79 Å². The molecule has 0 spiro atoms. The lowest BCUT2D eigenvalue weighted by Crippen LogP contribution is -2.22. The monoisotopic (exact) mass is 392 g/mol. The van der Waals surface area contributed by atoms with Gasteiger partial charge in [0, 0.05) is 5.69 Å². The van der Waals surface area contributed by atoms with Gasteiger partial charge in [0.15, 0.2) is 18.1 Å². The number of hydrogen-bond donors (Lipinski definition) is 2. The number of para-hydroxylation sites is 2. The molecule has 0 saturated carbocycles. The molecule has 0 aliphatic heterocycles. The molecule has 3 aromatic rings. The van der Waals surface area contributed by atoms with Crippen molar-refractivity contribution in [3.8, 4) is 23.0 Å². The minimum atomic E-state index is -0.673. The summed E-state index contributed by atoms with van der Waals surface area (Å²) < 4.78 is 16.4. The molecule has 29 heavy (non-hydrogen) atoms. The second-order valence-electron chi connectivity index (χ2n) is 5.98. The summed E-state index contributed by atoms with van der Waals surface area (Å²) in [5.74, 6) is 0.738. The minimum absolute atomic E-state index is 0.129. The number of nitrogens with one attached hydrogen (secondary N) is 1. The standard InChI is InChI=1S/C22H20N2O5/c1-27-19-9-5-8-18(22(23)26)21(19)28-14-20(25)24-15-10-12-17(13-11-15)29-16-6-3-2-4-7-16/h2-13H,14H2,1H3,(H2,23,26)(H,24,25). The third-order valence-corrected chi connectivity index (χ3v) is 3.93. The molecule has 0 heterocycles. The molecule has 148 valence electrons. The van der Waals surface area contributed by atoms with Crippen LogP contribution in [0.4, 0.5) is 5.69 Å². The topological polar surface area (TPSA) is 99.9 Å². The van der Waals surface area contributed by atoms with Crippen LogP contribution >= 0.6 is 0 Å². The third-order valence-electron chi connectivity index (χ3n) is 3.93. The zero-order valence-electron chi connectivity index (χ0n) is 15.8. The molecule has 3 aromatic carbocycles. The predicted molar refractivity (Wildman–Crippen MR) is 109 cm³/mol. The first kappa shape index (κ1) is 19.8. The molecular weight excluding hydrogens is 372 g/mol.